The fourth-order valence-electron chi connectivity index (χ4n) is 5.05. The number of esters is 1. The van der Waals surface area contributed by atoms with Gasteiger partial charge in [-0.05, 0) is 55.7 Å². The molecule has 2 aromatic carbocycles. The summed E-state index contributed by atoms with van der Waals surface area (Å²) in [5.41, 5.74) is 1.47. The van der Waals surface area contributed by atoms with Crippen LogP contribution in [0.3, 0.4) is 0 Å². The van der Waals surface area contributed by atoms with Crippen molar-refractivity contribution < 1.29 is 28.8 Å². The van der Waals surface area contributed by atoms with Crippen molar-refractivity contribution in [2.75, 3.05) is 16.3 Å². The van der Waals surface area contributed by atoms with Crippen LogP contribution in [0.1, 0.15) is 24.8 Å². The Balaban J connectivity index is 1.26. The Morgan fingerprint density at radius 1 is 1.00 bits per heavy atom. The number of rotatable bonds is 5. The molecule has 2 fully saturated rings. The molecule has 36 heavy (non-hydrogen) atoms. The molecule has 3 aliphatic rings. The summed E-state index contributed by atoms with van der Waals surface area (Å²) in [5.74, 6) is -2.40. The molecule has 2 saturated heterocycles. The molecule has 0 bridgehead atoms. The molecule has 0 spiro atoms. The predicted molar refractivity (Wildman–Crippen MR) is 128 cm³/mol. The van der Waals surface area contributed by atoms with E-state index in [0.717, 1.165) is 0 Å². The zero-order valence-electron chi connectivity index (χ0n) is 19.5. The van der Waals surface area contributed by atoms with Crippen LogP contribution >= 0.6 is 0 Å². The van der Waals surface area contributed by atoms with E-state index < -0.39 is 16.8 Å². The first-order valence-electron chi connectivity index (χ1n) is 11.6. The number of allylic oxidation sites excluding steroid dienone is 2. The normalized spacial score (nSPS) is 23.2. The first kappa shape index (κ1) is 23.4. The predicted octanol–water partition coefficient (Wildman–Crippen LogP) is 3.32. The van der Waals surface area contributed by atoms with Crippen molar-refractivity contribution in [3.05, 3.63) is 70.3 Å². The summed E-state index contributed by atoms with van der Waals surface area (Å²) in [5, 5.41) is 10.8. The van der Waals surface area contributed by atoms with Crippen molar-refractivity contribution in [1.29, 1.82) is 0 Å². The van der Waals surface area contributed by atoms with Crippen LogP contribution in [-0.2, 0) is 19.2 Å². The molecule has 2 aromatic rings. The van der Waals surface area contributed by atoms with E-state index in [2.05, 4.69) is 0 Å². The maximum Gasteiger partial charge on any atom is 0.316 e. The van der Waals surface area contributed by atoms with Crippen molar-refractivity contribution in [1.82, 2.24) is 0 Å². The van der Waals surface area contributed by atoms with E-state index in [4.69, 9.17) is 4.74 Å². The highest BCUT2D eigenvalue weighted by molar-refractivity contribution is 6.22. The van der Waals surface area contributed by atoms with E-state index in [1.54, 1.807) is 19.1 Å². The molecule has 0 radical (unpaired) electrons. The first-order valence-corrected chi connectivity index (χ1v) is 11.6. The van der Waals surface area contributed by atoms with Gasteiger partial charge in [0.05, 0.1) is 28.4 Å². The number of amides is 3. The van der Waals surface area contributed by atoms with Crippen LogP contribution in [0.4, 0.5) is 17.1 Å². The second kappa shape index (κ2) is 9.03. The van der Waals surface area contributed by atoms with E-state index in [-0.39, 0.29) is 54.0 Å². The van der Waals surface area contributed by atoms with Crippen molar-refractivity contribution in [2.45, 2.75) is 26.2 Å². The Hall–Kier alpha value is -4.34. The number of aryl methyl sites for hydroxylation is 1. The molecule has 0 saturated carbocycles. The number of benzene rings is 2. The third-order valence-corrected chi connectivity index (χ3v) is 6.97. The van der Waals surface area contributed by atoms with Crippen LogP contribution in [-0.4, -0.2) is 35.2 Å². The summed E-state index contributed by atoms with van der Waals surface area (Å²) >= 11 is 0. The molecule has 0 aromatic heterocycles. The van der Waals surface area contributed by atoms with Gasteiger partial charge in [0.15, 0.2) is 0 Å². The van der Waals surface area contributed by atoms with Crippen molar-refractivity contribution in [3.8, 4) is 5.75 Å². The van der Waals surface area contributed by atoms with Gasteiger partial charge in [-0.2, -0.15) is 0 Å². The average molecular weight is 489 g/mol. The smallest absolute Gasteiger partial charge is 0.316 e. The van der Waals surface area contributed by atoms with Crippen LogP contribution in [0.15, 0.2) is 54.6 Å². The molecule has 0 unspecified atom stereocenters. The van der Waals surface area contributed by atoms with Gasteiger partial charge in [0.1, 0.15) is 5.75 Å². The molecule has 3 amide bonds. The summed E-state index contributed by atoms with van der Waals surface area (Å²) in [4.78, 5) is 64.0. The van der Waals surface area contributed by atoms with Crippen molar-refractivity contribution in [3.63, 3.8) is 0 Å². The topological polar surface area (TPSA) is 127 Å². The molecule has 10 heteroatoms. The number of hydrogen-bond donors (Lipinski definition) is 0. The van der Waals surface area contributed by atoms with Crippen LogP contribution in [0.5, 0.6) is 5.75 Å². The molecule has 2 aliphatic heterocycles. The highest BCUT2D eigenvalue weighted by Crippen LogP contribution is 2.39. The van der Waals surface area contributed by atoms with E-state index in [1.165, 1.54) is 40.1 Å². The van der Waals surface area contributed by atoms with Crippen LogP contribution < -0.4 is 14.5 Å². The highest BCUT2D eigenvalue weighted by Gasteiger charge is 2.48. The zero-order valence-corrected chi connectivity index (χ0v) is 19.5. The Bertz CT molecular complexity index is 1290. The number of nitro groups is 1. The molecule has 3 atom stereocenters. The zero-order chi connectivity index (χ0) is 25.6. The standard InChI is InChI=1S/C26H23N3O7/c1-15-12-19(10-11-22(15)28-24(31)20-4-2-3-5-21(20)25(28)32)36-26(33)16-13-23(30)27(14-16)17-6-8-18(9-7-17)29(34)35/h2-3,6-12,16,20-21H,4-5,13-14H2,1H3/t16-,20-,21+/m1/s1. The summed E-state index contributed by atoms with van der Waals surface area (Å²) in [6, 6.07) is 10.3. The number of hydrogen-bond acceptors (Lipinski definition) is 7. The molecule has 1 aliphatic carbocycles. The summed E-state index contributed by atoms with van der Waals surface area (Å²) in [6.07, 6.45) is 4.93. The minimum absolute atomic E-state index is 0.0412. The molecule has 0 N–H and O–H groups in total. The lowest BCUT2D eigenvalue weighted by molar-refractivity contribution is -0.384. The van der Waals surface area contributed by atoms with Gasteiger partial charge in [0, 0.05) is 30.8 Å². The lowest BCUT2D eigenvalue weighted by atomic mass is 9.85. The van der Waals surface area contributed by atoms with E-state index in [9.17, 15) is 29.3 Å². The number of carbonyl (C=O) groups is 4. The molecular weight excluding hydrogens is 466 g/mol. The quantitative estimate of drug-likeness (QED) is 0.157. The van der Waals surface area contributed by atoms with Gasteiger partial charge in [-0.15, -0.1) is 0 Å². The number of carbonyl (C=O) groups excluding carboxylic acids is 4. The number of nitro benzene ring substituents is 1. The van der Waals surface area contributed by atoms with Crippen LogP contribution in [0, 0.1) is 34.8 Å². The maximum absolute atomic E-state index is 12.9. The SMILES string of the molecule is Cc1cc(OC(=O)[C@@H]2CC(=O)N(c3ccc([N+](=O)[O-])cc3)C2)ccc1N1C(=O)[C@H]2CC=CC[C@H]2C1=O. The van der Waals surface area contributed by atoms with Gasteiger partial charge in [0.2, 0.25) is 17.7 Å². The number of nitrogens with zero attached hydrogens (tertiary/aromatic N) is 3. The minimum Gasteiger partial charge on any atom is -0.426 e. The highest BCUT2D eigenvalue weighted by atomic mass is 16.6. The van der Waals surface area contributed by atoms with Crippen LogP contribution in [0.25, 0.3) is 0 Å². The fourth-order valence-corrected chi connectivity index (χ4v) is 5.05. The second-order valence-electron chi connectivity index (χ2n) is 9.22. The second-order valence-corrected chi connectivity index (χ2v) is 9.22. The van der Waals surface area contributed by atoms with Gasteiger partial charge >= 0.3 is 5.97 Å². The number of imide groups is 1. The largest absolute Gasteiger partial charge is 0.426 e. The van der Waals surface area contributed by atoms with Gasteiger partial charge in [0.25, 0.3) is 5.69 Å². The number of ether oxygens (including phenoxy) is 1. The molecule has 2 heterocycles. The van der Waals surface area contributed by atoms with Gasteiger partial charge in [-0.3, -0.25) is 29.3 Å². The fraction of sp³-hybridized carbons (Fsp3) is 0.308. The van der Waals surface area contributed by atoms with Crippen molar-refractivity contribution in [2.24, 2.45) is 17.8 Å². The molecular formula is C26H23N3O7. The van der Waals surface area contributed by atoms with Crippen molar-refractivity contribution >= 4 is 40.8 Å². The van der Waals surface area contributed by atoms with Gasteiger partial charge < -0.3 is 9.64 Å². The summed E-state index contributed by atoms with van der Waals surface area (Å²) in [7, 11) is 0. The summed E-state index contributed by atoms with van der Waals surface area (Å²) in [6.45, 7) is 1.84. The first-order chi connectivity index (χ1) is 17.2. The molecule has 10 nitrogen and oxygen atoms in total. The Morgan fingerprint density at radius 2 is 1.64 bits per heavy atom. The molecule has 5 rings (SSSR count). The van der Waals surface area contributed by atoms with E-state index >= 15 is 0 Å². The maximum atomic E-state index is 12.9. The Kier molecular flexibility index (Phi) is 5.87. The Morgan fingerprint density at radius 3 is 2.22 bits per heavy atom. The number of non-ortho nitro benzene ring substituents is 1. The molecule has 184 valence electrons. The Labute approximate surface area is 206 Å². The van der Waals surface area contributed by atoms with Gasteiger partial charge in [-0.1, -0.05) is 12.2 Å². The lowest BCUT2D eigenvalue weighted by Crippen LogP contribution is -2.31. The van der Waals surface area contributed by atoms with E-state index in [1.807, 2.05) is 12.2 Å². The minimum atomic E-state index is -0.704. The van der Waals surface area contributed by atoms with E-state index in [0.29, 0.717) is 29.8 Å². The number of anilines is 2. The monoisotopic (exact) mass is 489 g/mol. The average Bonchev–Trinajstić information content (AvgIpc) is 3.37. The number of fused-ring (bicyclic) bond motifs is 1. The van der Waals surface area contributed by atoms with Gasteiger partial charge in [-0.25, -0.2) is 4.90 Å². The van der Waals surface area contributed by atoms with Crippen LogP contribution in [0.2, 0.25) is 0 Å². The lowest BCUT2D eigenvalue weighted by Gasteiger charge is -2.19. The third-order valence-electron chi connectivity index (χ3n) is 6.97. The third kappa shape index (κ3) is 4.04. The summed E-state index contributed by atoms with van der Waals surface area (Å²) < 4.78 is 5.52.